The lowest BCUT2D eigenvalue weighted by molar-refractivity contribution is -0.138. The van der Waals surface area contributed by atoms with Crippen molar-refractivity contribution in [3.05, 3.63) is 24.3 Å². The highest BCUT2D eigenvalue weighted by molar-refractivity contribution is 6.01. The average molecular weight is 316 g/mol. The summed E-state index contributed by atoms with van der Waals surface area (Å²) < 4.78 is 5.35. The molecule has 1 aromatic carbocycles. The summed E-state index contributed by atoms with van der Waals surface area (Å²) in [6, 6.07) is 8.01. The highest BCUT2D eigenvalue weighted by Gasteiger charge is 2.42. The standard InChI is InChI=1S/C18H24N2O3/c1-12(2)20(14-8-9-14)18(22)13-10-17(21)19(11-13)15-6-4-5-7-16(15)23-3/h4-7,12-14H,8-11H2,1-3H3. The number of hydrogen-bond donors (Lipinski definition) is 0. The third-order valence-corrected chi connectivity index (χ3v) is 4.60. The first-order chi connectivity index (χ1) is 11.0. The van der Waals surface area contributed by atoms with Crippen LogP contribution in [0, 0.1) is 5.92 Å². The highest BCUT2D eigenvalue weighted by atomic mass is 16.5. The number of ether oxygens (including phenoxy) is 1. The molecule has 1 aromatic rings. The van der Waals surface area contributed by atoms with Crippen molar-refractivity contribution >= 4 is 17.5 Å². The topological polar surface area (TPSA) is 49.9 Å². The summed E-state index contributed by atoms with van der Waals surface area (Å²) in [6.45, 7) is 4.53. The lowest BCUT2D eigenvalue weighted by atomic mass is 10.1. The van der Waals surface area contributed by atoms with Gasteiger partial charge in [0.25, 0.3) is 0 Å². The second-order valence-corrected chi connectivity index (χ2v) is 6.65. The summed E-state index contributed by atoms with van der Waals surface area (Å²) in [5, 5.41) is 0. The maximum Gasteiger partial charge on any atom is 0.228 e. The fraction of sp³-hybridized carbons (Fsp3) is 0.556. The molecule has 5 nitrogen and oxygen atoms in total. The first-order valence-electron chi connectivity index (χ1n) is 8.28. The third-order valence-electron chi connectivity index (χ3n) is 4.60. The quantitative estimate of drug-likeness (QED) is 0.838. The monoisotopic (exact) mass is 316 g/mol. The van der Waals surface area contributed by atoms with Crippen LogP contribution in [-0.4, -0.2) is 42.5 Å². The molecule has 0 N–H and O–H groups in total. The molecule has 1 saturated heterocycles. The minimum Gasteiger partial charge on any atom is -0.495 e. The van der Waals surface area contributed by atoms with Gasteiger partial charge < -0.3 is 14.5 Å². The van der Waals surface area contributed by atoms with Gasteiger partial charge in [-0.05, 0) is 38.8 Å². The Kier molecular flexibility index (Phi) is 4.28. The van der Waals surface area contributed by atoms with Crippen molar-refractivity contribution in [1.82, 2.24) is 4.90 Å². The van der Waals surface area contributed by atoms with Gasteiger partial charge in [0.2, 0.25) is 11.8 Å². The number of anilines is 1. The minimum atomic E-state index is -0.254. The molecule has 5 heteroatoms. The Morgan fingerprint density at radius 2 is 2.00 bits per heavy atom. The van der Waals surface area contributed by atoms with E-state index in [1.165, 1.54) is 0 Å². The zero-order valence-corrected chi connectivity index (χ0v) is 14.0. The number of hydrogen-bond acceptors (Lipinski definition) is 3. The van der Waals surface area contributed by atoms with Crippen molar-refractivity contribution in [2.24, 2.45) is 5.92 Å². The number of nitrogens with zero attached hydrogens (tertiary/aromatic N) is 2. The Morgan fingerprint density at radius 3 is 2.61 bits per heavy atom. The Balaban J connectivity index is 1.78. The van der Waals surface area contributed by atoms with Gasteiger partial charge in [0.1, 0.15) is 5.75 Å². The summed E-state index contributed by atoms with van der Waals surface area (Å²) in [4.78, 5) is 29.0. The van der Waals surface area contributed by atoms with Crippen LogP contribution >= 0.6 is 0 Å². The van der Waals surface area contributed by atoms with Crippen LogP contribution in [0.3, 0.4) is 0 Å². The van der Waals surface area contributed by atoms with E-state index in [4.69, 9.17) is 4.74 Å². The van der Waals surface area contributed by atoms with E-state index < -0.39 is 0 Å². The van der Waals surface area contributed by atoms with E-state index in [9.17, 15) is 9.59 Å². The van der Waals surface area contributed by atoms with E-state index in [2.05, 4.69) is 0 Å². The SMILES string of the molecule is COc1ccccc1N1CC(C(=O)N(C(C)C)C2CC2)CC1=O. The fourth-order valence-electron chi connectivity index (χ4n) is 3.38. The van der Waals surface area contributed by atoms with Crippen LogP contribution in [0.25, 0.3) is 0 Å². The van der Waals surface area contributed by atoms with Crippen LogP contribution in [0.1, 0.15) is 33.1 Å². The molecule has 1 aliphatic heterocycles. The minimum absolute atomic E-state index is 0.00708. The number of methoxy groups -OCH3 is 1. The first kappa shape index (κ1) is 15.8. The number of benzene rings is 1. The summed E-state index contributed by atoms with van der Waals surface area (Å²) in [5.74, 6) is 0.521. The average Bonchev–Trinajstić information content (AvgIpc) is 3.28. The smallest absolute Gasteiger partial charge is 0.228 e. The molecule has 1 aliphatic carbocycles. The molecule has 2 aliphatic rings. The molecule has 23 heavy (non-hydrogen) atoms. The third kappa shape index (κ3) is 3.05. The summed E-state index contributed by atoms with van der Waals surface area (Å²) in [7, 11) is 1.59. The van der Waals surface area contributed by atoms with Gasteiger partial charge in [-0.25, -0.2) is 0 Å². The van der Waals surface area contributed by atoms with Gasteiger partial charge in [0.15, 0.2) is 0 Å². The van der Waals surface area contributed by atoms with Crippen LogP contribution in [0.5, 0.6) is 5.75 Å². The van der Waals surface area contributed by atoms with Gasteiger partial charge in [0, 0.05) is 25.0 Å². The number of amides is 2. The normalized spacial score (nSPS) is 21.0. The highest BCUT2D eigenvalue weighted by Crippen LogP contribution is 2.35. The van der Waals surface area contributed by atoms with Gasteiger partial charge in [0.05, 0.1) is 18.7 Å². The van der Waals surface area contributed by atoms with E-state index in [1.807, 2.05) is 43.0 Å². The number of carbonyl (C=O) groups is 2. The van der Waals surface area contributed by atoms with E-state index in [0.29, 0.717) is 18.3 Å². The Bertz CT molecular complexity index is 608. The molecule has 2 fully saturated rings. The summed E-state index contributed by atoms with van der Waals surface area (Å²) in [5.41, 5.74) is 0.748. The molecule has 124 valence electrons. The van der Waals surface area contributed by atoms with Gasteiger partial charge in [-0.2, -0.15) is 0 Å². The second-order valence-electron chi connectivity index (χ2n) is 6.65. The van der Waals surface area contributed by atoms with E-state index in [-0.39, 0.29) is 30.2 Å². The summed E-state index contributed by atoms with van der Waals surface area (Å²) in [6.07, 6.45) is 2.45. The predicted molar refractivity (Wildman–Crippen MR) is 88.5 cm³/mol. The van der Waals surface area contributed by atoms with Gasteiger partial charge in [-0.3, -0.25) is 9.59 Å². The molecule has 2 amide bonds. The van der Waals surface area contributed by atoms with Crippen molar-refractivity contribution in [3.8, 4) is 5.75 Å². The van der Waals surface area contributed by atoms with E-state index in [0.717, 1.165) is 18.5 Å². The van der Waals surface area contributed by atoms with E-state index in [1.54, 1.807) is 12.0 Å². The fourth-order valence-corrected chi connectivity index (χ4v) is 3.38. The number of rotatable bonds is 5. The zero-order chi connectivity index (χ0) is 16.6. The maximum atomic E-state index is 12.9. The van der Waals surface area contributed by atoms with E-state index >= 15 is 0 Å². The van der Waals surface area contributed by atoms with Gasteiger partial charge >= 0.3 is 0 Å². The molecular weight excluding hydrogens is 292 g/mol. The van der Waals surface area contributed by atoms with Crippen molar-refractivity contribution < 1.29 is 14.3 Å². The van der Waals surface area contributed by atoms with Crippen LogP contribution < -0.4 is 9.64 Å². The van der Waals surface area contributed by atoms with Crippen molar-refractivity contribution in [1.29, 1.82) is 0 Å². The molecule has 1 heterocycles. The molecule has 1 atom stereocenters. The van der Waals surface area contributed by atoms with Crippen molar-refractivity contribution in [3.63, 3.8) is 0 Å². The largest absolute Gasteiger partial charge is 0.495 e. The lowest BCUT2D eigenvalue weighted by Gasteiger charge is -2.29. The Hall–Kier alpha value is -2.04. The molecular formula is C18H24N2O3. The van der Waals surface area contributed by atoms with Crippen molar-refractivity contribution in [2.75, 3.05) is 18.6 Å². The lowest BCUT2D eigenvalue weighted by Crippen LogP contribution is -2.43. The molecule has 0 spiro atoms. The van der Waals surface area contributed by atoms with Crippen LogP contribution in [0.15, 0.2) is 24.3 Å². The van der Waals surface area contributed by atoms with Crippen LogP contribution in [0.2, 0.25) is 0 Å². The van der Waals surface area contributed by atoms with Gasteiger partial charge in [-0.1, -0.05) is 12.1 Å². The number of para-hydroxylation sites is 2. The molecule has 1 unspecified atom stereocenters. The zero-order valence-electron chi connectivity index (χ0n) is 14.0. The van der Waals surface area contributed by atoms with Crippen LogP contribution in [0.4, 0.5) is 5.69 Å². The second kappa shape index (κ2) is 6.22. The molecule has 0 aromatic heterocycles. The summed E-state index contributed by atoms with van der Waals surface area (Å²) >= 11 is 0. The molecule has 0 radical (unpaired) electrons. The molecule has 0 bridgehead atoms. The molecule has 1 saturated carbocycles. The first-order valence-corrected chi connectivity index (χ1v) is 8.28. The Morgan fingerprint density at radius 1 is 1.30 bits per heavy atom. The molecule has 3 rings (SSSR count). The van der Waals surface area contributed by atoms with Crippen LogP contribution in [-0.2, 0) is 9.59 Å². The number of carbonyl (C=O) groups excluding carboxylic acids is 2. The predicted octanol–water partition coefficient (Wildman–Crippen LogP) is 2.45. The van der Waals surface area contributed by atoms with Crippen molar-refractivity contribution in [2.45, 2.75) is 45.2 Å². The Labute approximate surface area is 137 Å². The maximum absolute atomic E-state index is 12.9. The van der Waals surface area contributed by atoms with Gasteiger partial charge in [-0.15, -0.1) is 0 Å².